The zero-order chi connectivity index (χ0) is 15.6. The summed E-state index contributed by atoms with van der Waals surface area (Å²) in [4.78, 5) is 12.4. The molecule has 112 valence electrons. The lowest BCUT2D eigenvalue weighted by molar-refractivity contribution is 0.102. The number of hydrogen-bond acceptors (Lipinski definition) is 4. The van der Waals surface area contributed by atoms with Gasteiger partial charge in [-0.05, 0) is 29.0 Å². The molecule has 0 aliphatic heterocycles. The van der Waals surface area contributed by atoms with Gasteiger partial charge in [-0.1, -0.05) is 54.2 Å². The van der Waals surface area contributed by atoms with Crippen LogP contribution >= 0.6 is 11.8 Å². The average Bonchev–Trinajstić information content (AvgIpc) is 3.02. The Kier molecular flexibility index (Phi) is 3.55. The molecule has 5 heteroatoms. The number of aromatic nitrogens is 3. The molecule has 0 unspecified atom stereocenters. The van der Waals surface area contributed by atoms with E-state index in [1.54, 1.807) is 0 Å². The molecule has 4 aromatic rings. The van der Waals surface area contributed by atoms with Gasteiger partial charge >= 0.3 is 0 Å². The van der Waals surface area contributed by atoms with E-state index >= 15 is 0 Å². The number of rotatable bonds is 4. The largest absolute Gasteiger partial charge is 0.293 e. The maximum Gasteiger partial charge on any atom is 0.196 e. The molecule has 0 aliphatic rings. The Morgan fingerprint density at radius 3 is 2.70 bits per heavy atom. The van der Waals surface area contributed by atoms with Gasteiger partial charge in [-0.25, -0.2) is 0 Å². The molecule has 4 rings (SSSR count). The van der Waals surface area contributed by atoms with Gasteiger partial charge in [-0.15, -0.1) is 10.2 Å². The number of carbonyl (C=O) groups is 1. The Labute approximate surface area is 137 Å². The predicted octanol–water partition coefficient (Wildman–Crippen LogP) is 3.86. The van der Waals surface area contributed by atoms with Gasteiger partial charge in [0.15, 0.2) is 16.6 Å². The second-order valence-corrected chi connectivity index (χ2v) is 6.13. The Balaban J connectivity index is 1.55. The second kappa shape index (κ2) is 5.85. The van der Waals surface area contributed by atoms with Crippen LogP contribution in [0.1, 0.15) is 10.4 Å². The van der Waals surface area contributed by atoms with Crippen LogP contribution in [-0.2, 0) is 0 Å². The van der Waals surface area contributed by atoms with Crippen LogP contribution in [0.2, 0.25) is 0 Å². The summed E-state index contributed by atoms with van der Waals surface area (Å²) >= 11 is 1.40. The molecule has 0 aliphatic carbocycles. The van der Waals surface area contributed by atoms with Crippen LogP contribution in [0.3, 0.4) is 0 Å². The molecular weight excluding hydrogens is 306 g/mol. The summed E-state index contributed by atoms with van der Waals surface area (Å²) in [6, 6.07) is 19.6. The number of thioether (sulfide) groups is 1. The number of carbonyl (C=O) groups excluding carboxylic acids is 1. The summed E-state index contributed by atoms with van der Waals surface area (Å²) in [5.41, 5.74) is 1.51. The monoisotopic (exact) mass is 319 g/mol. The van der Waals surface area contributed by atoms with Crippen LogP contribution in [0, 0.1) is 0 Å². The van der Waals surface area contributed by atoms with Crippen LogP contribution in [0.25, 0.3) is 16.4 Å². The molecule has 2 heterocycles. The Morgan fingerprint density at radius 2 is 1.78 bits per heavy atom. The van der Waals surface area contributed by atoms with Crippen molar-refractivity contribution in [2.24, 2.45) is 0 Å². The number of pyridine rings is 1. The molecule has 0 fully saturated rings. The summed E-state index contributed by atoms with van der Waals surface area (Å²) in [7, 11) is 0. The van der Waals surface area contributed by atoms with Crippen molar-refractivity contribution < 1.29 is 4.79 Å². The molecule has 0 spiro atoms. The molecular formula is C18H13N3OS. The van der Waals surface area contributed by atoms with Crippen molar-refractivity contribution in [2.75, 3.05) is 5.75 Å². The van der Waals surface area contributed by atoms with Crippen molar-refractivity contribution in [3.63, 3.8) is 0 Å². The van der Waals surface area contributed by atoms with Gasteiger partial charge in [0.2, 0.25) is 0 Å². The highest BCUT2D eigenvalue weighted by atomic mass is 32.2. The van der Waals surface area contributed by atoms with Gasteiger partial charge in [-0.3, -0.25) is 9.20 Å². The maximum absolute atomic E-state index is 12.4. The molecule has 0 saturated heterocycles. The highest BCUT2D eigenvalue weighted by Crippen LogP contribution is 2.20. The fraction of sp³-hybridized carbons (Fsp3) is 0.0556. The van der Waals surface area contributed by atoms with E-state index in [4.69, 9.17) is 0 Å². The lowest BCUT2D eigenvalue weighted by atomic mass is 10.1. The van der Waals surface area contributed by atoms with Crippen molar-refractivity contribution in [3.05, 3.63) is 72.4 Å². The normalized spacial score (nSPS) is 11.1. The summed E-state index contributed by atoms with van der Waals surface area (Å²) in [5, 5.41) is 11.2. The van der Waals surface area contributed by atoms with Gasteiger partial charge in [0.1, 0.15) is 0 Å². The van der Waals surface area contributed by atoms with Crippen molar-refractivity contribution in [1.82, 2.24) is 14.6 Å². The first-order chi connectivity index (χ1) is 11.3. The van der Waals surface area contributed by atoms with E-state index in [-0.39, 0.29) is 5.78 Å². The van der Waals surface area contributed by atoms with Crippen LogP contribution in [0.4, 0.5) is 0 Å². The third-order valence-electron chi connectivity index (χ3n) is 3.69. The highest BCUT2D eigenvalue weighted by molar-refractivity contribution is 7.99. The molecule has 0 amide bonds. The van der Waals surface area contributed by atoms with Gasteiger partial charge in [0, 0.05) is 11.8 Å². The quantitative estimate of drug-likeness (QED) is 0.423. The fourth-order valence-corrected chi connectivity index (χ4v) is 3.31. The Bertz CT molecular complexity index is 1010. The van der Waals surface area contributed by atoms with Crippen molar-refractivity contribution >= 4 is 34.0 Å². The number of ketones is 1. The number of hydrogen-bond donors (Lipinski definition) is 0. The van der Waals surface area contributed by atoms with Crippen LogP contribution < -0.4 is 0 Å². The minimum atomic E-state index is 0.0911. The lowest BCUT2D eigenvalue weighted by Gasteiger charge is -2.03. The third kappa shape index (κ3) is 2.71. The van der Waals surface area contributed by atoms with E-state index in [1.807, 2.05) is 71.3 Å². The summed E-state index contributed by atoms with van der Waals surface area (Å²) in [6.07, 6.45) is 1.90. The number of benzene rings is 2. The lowest BCUT2D eigenvalue weighted by Crippen LogP contribution is -2.03. The first-order valence-electron chi connectivity index (χ1n) is 7.26. The number of fused-ring (bicyclic) bond motifs is 2. The molecule has 0 bridgehead atoms. The molecule has 23 heavy (non-hydrogen) atoms. The molecule has 0 atom stereocenters. The Hall–Kier alpha value is -2.66. The average molecular weight is 319 g/mol. The van der Waals surface area contributed by atoms with E-state index in [2.05, 4.69) is 10.2 Å². The van der Waals surface area contributed by atoms with Gasteiger partial charge in [0.05, 0.1) is 5.75 Å². The van der Waals surface area contributed by atoms with E-state index in [1.165, 1.54) is 11.8 Å². The molecule has 4 nitrogen and oxygen atoms in total. The first kappa shape index (κ1) is 14.0. The van der Waals surface area contributed by atoms with Gasteiger partial charge < -0.3 is 0 Å². The zero-order valence-corrected chi connectivity index (χ0v) is 13.0. The molecule has 2 aromatic heterocycles. The Morgan fingerprint density at radius 1 is 0.957 bits per heavy atom. The fourth-order valence-electron chi connectivity index (χ4n) is 2.49. The second-order valence-electron chi connectivity index (χ2n) is 5.19. The van der Waals surface area contributed by atoms with Gasteiger partial charge in [-0.2, -0.15) is 0 Å². The first-order valence-corrected chi connectivity index (χ1v) is 8.24. The third-order valence-corrected chi connectivity index (χ3v) is 4.63. The van der Waals surface area contributed by atoms with Gasteiger partial charge in [0.25, 0.3) is 0 Å². The zero-order valence-electron chi connectivity index (χ0n) is 12.2. The van der Waals surface area contributed by atoms with Crippen LogP contribution in [-0.4, -0.2) is 26.1 Å². The minimum Gasteiger partial charge on any atom is -0.293 e. The van der Waals surface area contributed by atoms with E-state index in [0.29, 0.717) is 5.75 Å². The molecule has 0 radical (unpaired) electrons. The topological polar surface area (TPSA) is 47.3 Å². The molecule has 2 aromatic carbocycles. The van der Waals surface area contributed by atoms with E-state index in [9.17, 15) is 4.79 Å². The van der Waals surface area contributed by atoms with Crippen LogP contribution in [0.5, 0.6) is 0 Å². The SMILES string of the molecule is O=C(CSc1nnc2ccccn12)c1ccc2ccccc2c1. The summed E-state index contributed by atoms with van der Waals surface area (Å²) in [6.45, 7) is 0. The maximum atomic E-state index is 12.4. The summed E-state index contributed by atoms with van der Waals surface area (Å²) in [5.74, 6) is 0.432. The predicted molar refractivity (Wildman–Crippen MR) is 92.0 cm³/mol. The smallest absolute Gasteiger partial charge is 0.196 e. The minimum absolute atomic E-state index is 0.0911. The number of Topliss-reactive ketones (excluding diaryl/α,β-unsaturated/α-hetero) is 1. The van der Waals surface area contributed by atoms with Crippen molar-refractivity contribution in [1.29, 1.82) is 0 Å². The van der Waals surface area contributed by atoms with Crippen LogP contribution in [0.15, 0.2) is 72.0 Å². The van der Waals surface area contributed by atoms with E-state index < -0.39 is 0 Å². The summed E-state index contributed by atoms with van der Waals surface area (Å²) < 4.78 is 1.89. The molecule has 0 N–H and O–H groups in total. The standard InChI is InChI=1S/C18H13N3OS/c22-16(15-9-8-13-5-1-2-6-14(13)11-15)12-23-18-20-19-17-7-3-4-10-21(17)18/h1-11H,12H2. The molecule has 0 saturated carbocycles. The highest BCUT2D eigenvalue weighted by Gasteiger charge is 2.11. The number of nitrogens with zero attached hydrogens (tertiary/aromatic N) is 3. The van der Waals surface area contributed by atoms with Crippen molar-refractivity contribution in [2.45, 2.75) is 5.16 Å². The van der Waals surface area contributed by atoms with Crippen molar-refractivity contribution in [3.8, 4) is 0 Å². The van der Waals surface area contributed by atoms with E-state index in [0.717, 1.165) is 27.1 Å².